The van der Waals surface area contributed by atoms with Crippen molar-refractivity contribution >= 4 is 34.7 Å². The Balaban J connectivity index is 2.25. The fourth-order valence-electron chi connectivity index (χ4n) is 1.68. The lowest BCUT2D eigenvalue weighted by Crippen LogP contribution is -1.95. The molecular formula is C13H10ClFN2O2S. The Morgan fingerprint density at radius 2 is 2.10 bits per heavy atom. The fourth-order valence-corrected chi connectivity index (χ4v) is 3.03. The van der Waals surface area contributed by atoms with Crippen LogP contribution in [-0.4, -0.2) is 4.92 Å². The van der Waals surface area contributed by atoms with Gasteiger partial charge in [-0.25, -0.2) is 4.39 Å². The molecule has 0 saturated heterocycles. The summed E-state index contributed by atoms with van der Waals surface area (Å²) in [6, 6.07) is 8.64. The van der Waals surface area contributed by atoms with Crippen LogP contribution in [0, 0.1) is 15.9 Å². The normalized spacial score (nSPS) is 10.5. The smallest absolute Gasteiger partial charge is 0.274 e. The number of nitrogen functional groups attached to an aromatic ring is 1. The third kappa shape index (κ3) is 3.40. The molecule has 2 rings (SSSR count). The Morgan fingerprint density at radius 1 is 1.35 bits per heavy atom. The average Bonchev–Trinajstić information content (AvgIpc) is 2.35. The van der Waals surface area contributed by atoms with Gasteiger partial charge in [0.15, 0.2) is 0 Å². The van der Waals surface area contributed by atoms with Crippen molar-refractivity contribution < 1.29 is 9.31 Å². The standard InChI is InChI=1S/C13H10ClFN2O2S/c14-12-2-1-3-13(17(18)19)11(12)7-20-10-5-8(15)4-9(16)6-10/h1-6H,7,16H2. The first-order valence-corrected chi connectivity index (χ1v) is 6.94. The number of rotatable bonds is 4. The van der Waals surface area contributed by atoms with E-state index in [1.54, 1.807) is 12.1 Å². The number of nitro benzene ring substituents is 1. The molecule has 2 aromatic rings. The van der Waals surface area contributed by atoms with Crippen molar-refractivity contribution in [1.29, 1.82) is 0 Å². The number of nitro groups is 1. The summed E-state index contributed by atoms with van der Waals surface area (Å²) < 4.78 is 13.2. The Labute approximate surface area is 123 Å². The van der Waals surface area contributed by atoms with E-state index in [0.717, 1.165) is 0 Å². The number of benzene rings is 2. The molecule has 0 radical (unpaired) electrons. The highest BCUT2D eigenvalue weighted by atomic mass is 35.5. The summed E-state index contributed by atoms with van der Waals surface area (Å²) in [4.78, 5) is 11.1. The molecule has 0 aliphatic heterocycles. The summed E-state index contributed by atoms with van der Waals surface area (Å²) >= 11 is 7.22. The van der Waals surface area contributed by atoms with E-state index in [2.05, 4.69) is 0 Å². The summed E-state index contributed by atoms with van der Waals surface area (Å²) in [6.07, 6.45) is 0. The molecule has 20 heavy (non-hydrogen) atoms. The van der Waals surface area contributed by atoms with Crippen LogP contribution in [0.3, 0.4) is 0 Å². The SMILES string of the molecule is Nc1cc(F)cc(SCc2c(Cl)cccc2[N+](=O)[O-])c1. The minimum absolute atomic E-state index is 0.0469. The number of hydrogen-bond acceptors (Lipinski definition) is 4. The Morgan fingerprint density at radius 3 is 2.75 bits per heavy atom. The van der Waals surface area contributed by atoms with Crippen LogP contribution in [0.2, 0.25) is 5.02 Å². The molecule has 0 aliphatic carbocycles. The average molecular weight is 313 g/mol. The maximum Gasteiger partial charge on any atom is 0.274 e. The maximum atomic E-state index is 13.2. The van der Waals surface area contributed by atoms with Gasteiger partial charge in [0.25, 0.3) is 5.69 Å². The Bertz CT molecular complexity index is 647. The summed E-state index contributed by atoms with van der Waals surface area (Å²) in [5.41, 5.74) is 6.22. The lowest BCUT2D eigenvalue weighted by molar-refractivity contribution is -0.385. The number of anilines is 1. The van der Waals surface area contributed by atoms with Crippen LogP contribution in [0.1, 0.15) is 5.56 Å². The van der Waals surface area contributed by atoms with Crippen molar-refractivity contribution in [1.82, 2.24) is 0 Å². The largest absolute Gasteiger partial charge is 0.399 e. The van der Waals surface area contributed by atoms with E-state index in [9.17, 15) is 14.5 Å². The van der Waals surface area contributed by atoms with Crippen molar-refractivity contribution in [2.24, 2.45) is 0 Å². The van der Waals surface area contributed by atoms with E-state index in [1.165, 1.54) is 36.0 Å². The topological polar surface area (TPSA) is 69.2 Å². The number of nitrogens with two attached hydrogens (primary N) is 1. The third-order valence-corrected chi connectivity index (χ3v) is 3.92. The van der Waals surface area contributed by atoms with Gasteiger partial charge in [-0.3, -0.25) is 10.1 Å². The molecule has 0 aliphatic rings. The first-order chi connectivity index (χ1) is 9.47. The van der Waals surface area contributed by atoms with Crippen molar-refractivity contribution in [3.8, 4) is 0 Å². The molecule has 0 atom stereocenters. The van der Waals surface area contributed by atoms with E-state index >= 15 is 0 Å². The predicted molar refractivity (Wildman–Crippen MR) is 78.5 cm³/mol. The van der Waals surface area contributed by atoms with Crippen LogP contribution in [0.4, 0.5) is 15.8 Å². The lowest BCUT2D eigenvalue weighted by Gasteiger charge is -2.06. The van der Waals surface area contributed by atoms with E-state index < -0.39 is 10.7 Å². The van der Waals surface area contributed by atoms with Gasteiger partial charge in [0.2, 0.25) is 0 Å². The summed E-state index contributed by atoms with van der Waals surface area (Å²) in [5.74, 6) is -0.181. The van der Waals surface area contributed by atoms with Gasteiger partial charge >= 0.3 is 0 Å². The Kier molecular flexibility index (Phi) is 4.46. The molecule has 2 aromatic carbocycles. The second-order valence-corrected chi connectivity index (χ2v) is 5.46. The van der Waals surface area contributed by atoms with Crippen molar-refractivity contribution in [2.75, 3.05) is 5.73 Å². The number of halogens is 2. The van der Waals surface area contributed by atoms with Gasteiger partial charge in [0.05, 0.1) is 15.5 Å². The molecule has 0 bridgehead atoms. The first kappa shape index (κ1) is 14.6. The van der Waals surface area contributed by atoms with Gasteiger partial charge in [-0.2, -0.15) is 0 Å². The molecule has 0 unspecified atom stereocenters. The molecule has 104 valence electrons. The van der Waals surface area contributed by atoms with E-state index in [1.807, 2.05) is 0 Å². The zero-order chi connectivity index (χ0) is 14.7. The van der Waals surface area contributed by atoms with Gasteiger partial charge < -0.3 is 5.73 Å². The Hall–Kier alpha value is -1.79. The van der Waals surface area contributed by atoms with Gasteiger partial charge in [0, 0.05) is 22.4 Å². The molecule has 0 saturated carbocycles. The van der Waals surface area contributed by atoms with Gasteiger partial charge in [-0.1, -0.05) is 17.7 Å². The molecule has 0 aromatic heterocycles. The van der Waals surface area contributed by atoms with Crippen LogP contribution in [0.15, 0.2) is 41.3 Å². The zero-order valence-electron chi connectivity index (χ0n) is 10.2. The maximum absolute atomic E-state index is 13.2. The van der Waals surface area contributed by atoms with Crippen LogP contribution in [-0.2, 0) is 5.75 Å². The van der Waals surface area contributed by atoms with Crippen LogP contribution >= 0.6 is 23.4 Å². The zero-order valence-corrected chi connectivity index (χ0v) is 11.7. The number of nitrogens with zero attached hydrogens (tertiary/aromatic N) is 1. The van der Waals surface area contributed by atoms with Crippen molar-refractivity contribution in [3.63, 3.8) is 0 Å². The van der Waals surface area contributed by atoms with E-state index in [-0.39, 0.29) is 11.4 Å². The van der Waals surface area contributed by atoms with Crippen LogP contribution in [0.25, 0.3) is 0 Å². The number of thioether (sulfide) groups is 1. The van der Waals surface area contributed by atoms with Gasteiger partial charge in [-0.15, -0.1) is 11.8 Å². The molecule has 2 N–H and O–H groups in total. The molecule has 7 heteroatoms. The van der Waals surface area contributed by atoms with Crippen molar-refractivity contribution in [2.45, 2.75) is 10.6 Å². The second kappa shape index (κ2) is 6.11. The van der Waals surface area contributed by atoms with Crippen molar-refractivity contribution in [3.05, 3.63) is 62.9 Å². The van der Waals surface area contributed by atoms with Gasteiger partial charge in [-0.05, 0) is 24.3 Å². The monoisotopic (exact) mass is 312 g/mol. The summed E-state index contributed by atoms with van der Waals surface area (Å²) in [6.45, 7) is 0. The highest BCUT2D eigenvalue weighted by molar-refractivity contribution is 7.98. The predicted octanol–water partition coefficient (Wildman–Crippen LogP) is 4.26. The van der Waals surface area contributed by atoms with Gasteiger partial charge in [0.1, 0.15) is 5.82 Å². The molecule has 0 heterocycles. The highest BCUT2D eigenvalue weighted by Gasteiger charge is 2.16. The first-order valence-electron chi connectivity index (χ1n) is 5.58. The second-order valence-electron chi connectivity index (χ2n) is 4.00. The minimum Gasteiger partial charge on any atom is -0.399 e. The summed E-state index contributed by atoms with van der Waals surface area (Å²) in [5, 5.41) is 11.3. The van der Waals surface area contributed by atoms with Crippen LogP contribution in [0.5, 0.6) is 0 Å². The number of hydrogen-bond donors (Lipinski definition) is 1. The molecule has 4 nitrogen and oxygen atoms in total. The fraction of sp³-hybridized carbons (Fsp3) is 0.0769. The summed E-state index contributed by atoms with van der Waals surface area (Å²) in [7, 11) is 0. The lowest BCUT2D eigenvalue weighted by atomic mass is 10.2. The molecule has 0 amide bonds. The molecule has 0 spiro atoms. The highest BCUT2D eigenvalue weighted by Crippen LogP contribution is 2.33. The minimum atomic E-state index is -0.484. The third-order valence-electron chi connectivity index (χ3n) is 2.57. The van der Waals surface area contributed by atoms with E-state index in [0.29, 0.717) is 21.2 Å². The van der Waals surface area contributed by atoms with E-state index in [4.69, 9.17) is 17.3 Å². The van der Waals surface area contributed by atoms with Crippen LogP contribution < -0.4 is 5.73 Å². The quantitative estimate of drug-likeness (QED) is 0.396. The molecular weight excluding hydrogens is 303 g/mol. The molecule has 0 fully saturated rings.